The number of aliphatic hydroxyl groups is 2. The molecule has 1 aromatic carbocycles. The predicted molar refractivity (Wildman–Crippen MR) is 66.9 cm³/mol. The first kappa shape index (κ1) is 14.5. The molecule has 0 bridgehead atoms. The number of hydrogen-bond donors (Lipinski definition) is 3. The summed E-state index contributed by atoms with van der Waals surface area (Å²) in [4.78, 5) is 11.4. The summed E-state index contributed by atoms with van der Waals surface area (Å²) in [5, 5.41) is 21.4. The molecule has 0 aliphatic rings. The number of amides is 1. The van der Waals surface area contributed by atoms with Gasteiger partial charge >= 0.3 is 6.09 Å². The van der Waals surface area contributed by atoms with Crippen LogP contribution in [0.25, 0.3) is 0 Å². The maximum absolute atomic E-state index is 11.4. The number of alkyl carbamates (subject to hydrolysis) is 1. The molecule has 18 heavy (non-hydrogen) atoms. The average Bonchev–Trinajstić information content (AvgIpc) is 2.35. The van der Waals surface area contributed by atoms with E-state index in [1.807, 2.05) is 30.3 Å². The second-order valence-electron chi connectivity index (χ2n) is 4.45. The summed E-state index contributed by atoms with van der Waals surface area (Å²) < 4.78 is 4.96. The van der Waals surface area contributed by atoms with Gasteiger partial charge < -0.3 is 20.3 Å². The summed E-state index contributed by atoms with van der Waals surface area (Å²) in [6, 6.07) is 9.28. The van der Waals surface area contributed by atoms with Gasteiger partial charge in [0.15, 0.2) is 0 Å². The first-order chi connectivity index (χ1) is 8.42. The van der Waals surface area contributed by atoms with Crippen molar-refractivity contribution in [3.63, 3.8) is 0 Å². The van der Waals surface area contributed by atoms with Gasteiger partial charge in [-0.15, -0.1) is 0 Å². The van der Waals surface area contributed by atoms with Gasteiger partial charge in [-0.05, 0) is 19.4 Å². The third-order valence-electron chi connectivity index (χ3n) is 2.70. The molecule has 1 rings (SSSR count). The van der Waals surface area contributed by atoms with Gasteiger partial charge in [-0.3, -0.25) is 0 Å². The van der Waals surface area contributed by atoms with Gasteiger partial charge in [0.1, 0.15) is 12.2 Å². The number of carbonyl (C=O) groups is 1. The van der Waals surface area contributed by atoms with Gasteiger partial charge in [-0.2, -0.15) is 0 Å². The molecule has 0 aliphatic heterocycles. The third-order valence-corrected chi connectivity index (χ3v) is 2.70. The Hall–Kier alpha value is -1.59. The second-order valence-corrected chi connectivity index (χ2v) is 4.45. The van der Waals surface area contributed by atoms with Crippen molar-refractivity contribution in [3.8, 4) is 0 Å². The maximum atomic E-state index is 11.4. The van der Waals surface area contributed by atoms with E-state index in [9.17, 15) is 15.0 Å². The van der Waals surface area contributed by atoms with Gasteiger partial charge in [0.2, 0.25) is 0 Å². The van der Waals surface area contributed by atoms with Crippen LogP contribution in [0.1, 0.15) is 19.4 Å². The smallest absolute Gasteiger partial charge is 0.407 e. The van der Waals surface area contributed by atoms with Crippen molar-refractivity contribution in [2.24, 2.45) is 0 Å². The van der Waals surface area contributed by atoms with Gasteiger partial charge in [-0.1, -0.05) is 30.3 Å². The Morgan fingerprint density at radius 2 is 2.06 bits per heavy atom. The zero-order chi connectivity index (χ0) is 13.6. The highest BCUT2D eigenvalue weighted by atomic mass is 16.5. The Kier molecular flexibility index (Phi) is 5.12. The van der Waals surface area contributed by atoms with E-state index in [1.54, 1.807) is 0 Å². The largest absolute Gasteiger partial charge is 0.445 e. The molecule has 0 aliphatic carbocycles. The first-order valence-corrected chi connectivity index (χ1v) is 5.77. The summed E-state index contributed by atoms with van der Waals surface area (Å²) in [6.07, 6.45) is -1.56. The summed E-state index contributed by atoms with van der Waals surface area (Å²) >= 11 is 0. The van der Waals surface area contributed by atoms with Crippen LogP contribution in [-0.4, -0.2) is 34.6 Å². The predicted octanol–water partition coefficient (Wildman–Crippen LogP) is 1.04. The monoisotopic (exact) mass is 253 g/mol. The summed E-state index contributed by atoms with van der Waals surface area (Å²) in [6.45, 7) is 2.99. The number of hydrogen-bond acceptors (Lipinski definition) is 4. The summed E-state index contributed by atoms with van der Waals surface area (Å²) in [5.41, 5.74) is -0.485. The van der Waals surface area contributed by atoms with Crippen LogP contribution in [0, 0.1) is 0 Å². The highest BCUT2D eigenvalue weighted by Gasteiger charge is 2.27. The minimum atomic E-state index is -1.37. The van der Waals surface area contributed by atoms with Crippen LogP contribution >= 0.6 is 0 Å². The fourth-order valence-electron chi connectivity index (χ4n) is 1.17. The van der Waals surface area contributed by atoms with E-state index in [4.69, 9.17) is 4.74 Å². The van der Waals surface area contributed by atoms with Crippen molar-refractivity contribution in [1.29, 1.82) is 0 Å². The molecule has 5 heteroatoms. The number of nitrogens with one attached hydrogen (secondary N) is 1. The molecule has 0 aromatic heterocycles. The van der Waals surface area contributed by atoms with E-state index >= 15 is 0 Å². The van der Waals surface area contributed by atoms with Crippen LogP contribution in [0.5, 0.6) is 0 Å². The molecule has 0 unspecified atom stereocenters. The number of aliphatic hydroxyl groups excluding tert-OH is 1. The molecular formula is C13H19NO4. The van der Waals surface area contributed by atoms with E-state index in [1.165, 1.54) is 13.8 Å². The van der Waals surface area contributed by atoms with E-state index in [2.05, 4.69) is 5.32 Å². The Balaban J connectivity index is 2.31. The maximum Gasteiger partial charge on any atom is 0.407 e. The van der Waals surface area contributed by atoms with Crippen LogP contribution < -0.4 is 5.32 Å². The van der Waals surface area contributed by atoms with Crippen LogP contribution in [0.4, 0.5) is 4.79 Å². The number of rotatable bonds is 5. The standard InChI is InChI=1S/C13H19NO4/c1-10(15)13(2,17)9-14-12(16)18-8-11-6-4-3-5-7-11/h3-7,10,15,17H,8-9H2,1-2H3,(H,14,16)/t10-,13+/m1/s1. The van der Waals surface area contributed by atoms with Gasteiger partial charge in [0.05, 0.1) is 12.6 Å². The van der Waals surface area contributed by atoms with E-state index in [0.29, 0.717) is 0 Å². The normalized spacial score (nSPS) is 15.6. The lowest BCUT2D eigenvalue weighted by molar-refractivity contribution is -0.0497. The molecular weight excluding hydrogens is 234 g/mol. The number of ether oxygens (including phenoxy) is 1. The van der Waals surface area contributed by atoms with Gasteiger partial charge in [-0.25, -0.2) is 4.79 Å². The van der Waals surface area contributed by atoms with Crippen molar-refractivity contribution in [1.82, 2.24) is 5.32 Å². The molecule has 0 spiro atoms. The van der Waals surface area contributed by atoms with Crippen molar-refractivity contribution < 1.29 is 19.7 Å². The Morgan fingerprint density at radius 1 is 1.44 bits per heavy atom. The fourth-order valence-corrected chi connectivity index (χ4v) is 1.17. The Bertz CT molecular complexity index is 376. The summed E-state index contributed by atoms with van der Waals surface area (Å²) in [7, 11) is 0. The molecule has 100 valence electrons. The minimum absolute atomic E-state index is 0.0711. The van der Waals surface area contributed by atoms with Gasteiger partial charge in [0, 0.05) is 0 Å². The quantitative estimate of drug-likeness (QED) is 0.732. The van der Waals surface area contributed by atoms with Crippen molar-refractivity contribution in [2.75, 3.05) is 6.54 Å². The molecule has 3 N–H and O–H groups in total. The second kappa shape index (κ2) is 6.37. The molecule has 0 heterocycles. The highest BCUT2D eigenvalue weighted by molar-refractivity contribution is 5.67. The van der Waals surface area contributed by atoms with E-state index in [-0.39, 0.29) is 13.2 Å². The van der Waals surface area contributed by atoms with Gasteiger partial charge in [0.25, 0.3) is 0 Å². The Morgan fingerprint density at radius 3 is 2.61 bits per heavy atom. The molecule has 5 nitrogen and oxygen atoms in total. The first-order valence-electron chi connectivity index (χ1n) is 5.77. The van der Waals surface area contributed by atoms with Crippen molar-refractivity contribution >= 4 is 6.09 Å². The molecule has 0 radical (unpaired) electrons. The molecule has 0 saturated carbocycles. The van der Waals surface area contributed by atoms with Crippen molar-refractivity contribution in [2.45, 2.75) is 32.2 Å². The van der Waals surface area contributed by atoms with Crippen LogP contribution in [-0.2, 0) is 11.3 Å². The lowest BCUT2D eigenvalue weighted by Gasteiger charge is -2.26. The zero-order valence-electron chi connectivity index (χ0n) is 10.6. The molecule has 1 amide bonds. The van der Waals surface area contributed by atoms with E-state index < -0.39 is 17.8 Å². The topological polar surface area (TPSA) is 78.8 Å². The molecule has 0 saturated heterocycles. The third kappa shape index (κ3) is 4.73. The molecule has 2 atom stereocenters. The fraction of sp³-hybridized carbons (Fsp3) is 0.462. The number of carbonyl (C=O) groups excluding carboxylic acids is 1. The van der Waals surface area contributed by atoms with Crippen LogP contribution in [0.3, 0.4) is 0 Å². The van der Waals surface area contributed by atoms with E-state index in [0.717, 1.165) is 5.56 Å². The SMILES string of the molecule is C[C@@H](O)[C@@](C)(O)CNC(=O)OCc1ccccc1. The van der Waals surface area contributed by atoms with Crippen LogP contribution in [0.2, 0.25) is 0 Å². The lowest BCUT2D eigenvalue weighted by atomic mass is 10.0. The summed E-state index contributed by atoms with van der Waals surface area (Å²) in [5.74, 6) is 0. The Labute approximate surface area is 106 Å². The van der Waals surface area contributed by atoms with Crippen LogP contribution in [0.15, 0.2) is 30.3 Å². The molecule has 0 fully saturated rings. The lowest BCUT2D eigenvalue weighted by Crippen LogP contribution is -2.47. The van der Waals surface area contributed by atoms with Crippen molar-refractivity contribution in [3.05, 3.63) is 35.9 Å². The highest BCUT2D eigenvalue weighted by Crippen LogP contribution is 2.07. The minimum Gasteiger partial charge on any atom is -0.445 e. The average molecular weight is 253 g/mol. The molecule has 1 aromatic rings. The zero-order valence-corrected chi connectivity index (χ0v) is 10.6. The number of benzene rings is 1.